The maximum atomic E-state index is 12.8. The van der Waals surface area contributed by atoms with Crippen molar-refractivity contribution >= 4 is 17.4 Å². The average Bonchev–Trinajstić information content (AvgIpc) is 2.61. The molecular weight excluding hydrogens is 322 g/mol. The third-order valence-electron chi connectivity index (χ3n) is 3.89. The van der Waals surface area contributed by atoms with Crippen LogP contribution in [0.25, 0.3) is 0 Å². The number of para-hydroxylation sites is 1. The number of ether oxygens (including phenoxy) is 2. The summed E-state index contributed by atoms with van der Waals surface area (Å²) in [5.74, 6) is -0.208. The summed E-state index contributed by atoms with van der Waals surface area (Å²) in [7, 11) is 2.99. The van der Waals surface area contributed by atoms with E-state index in [1.165, 1.54) is 14.2 Å². The zero-order valence-electron chi connectivity index (χ0n) is 14.2. The number of carbonyl (C=O) groups is 2. The molecule has 132 valence electrons. The number of aryl methyl sites for hydroxylation is 1. The highest BCUT2D eigenvalue weighted by atomic mass is 16.5. The van der Waals surface area contributed by atoms with Crippen molar-refractivity contribution in [1.29, 1.82) is 0 Å². The van der Waals surface area contributed by atoms with Crippen molar-refractivity contribution in [2.45, 2.75) is 19.3 Å². The van der Waals surface area contributed by atoms with Gasteiger partial charge < -0.3 is 20.3 Å². The number of carboxylic acids is 1. The van der Waals surface area contributed by atoms with Crippen LogP contribution < -0.4 is 15.2 Å². The highest BCUT2D eigenvalue weighted by molar-refractivity contribution is 6.11. The molecule has 0 aliphatic heterocycles. The zero-order valence-corrected chi connectivity index (χ0v) is 14.2. The largest absolute Gasteiger partial charge is 0.493 e. The Kier molecular flexibility index (Phi) is 6.00. The molecule has 3 N–H and O–H groups in total. The highest BCUT2D eigenvalue weighted by Gasteiger charge is 2.18. The first-order chi connectivity index (χ1) is 12.0. The number of nitrogens with two attached hydrogens (primary N) is 1. The van der Waals surface area contributed by atoms with E-state index >= 15 is 0 Å². The Hall–Kier alpha value is -3.02. The molecule has 0 radical (unpaired) electrons. The van der Waals surface area contributed by atoms with Crippen LogP contribution >= 0.6 is 0 Å². The molecule has 0 fully saturated rings. The lowest BCUT2D eigenvalue weighted by Gasteiger charge is -2.12. The molecule has 0 spiro atoms. The summed E-state index contributed by atoms with van der Waals surface area (Å²) >= 11 is 0. The van der Waals surface area contributed by atoms with E-state index in [2.05, 4.69) is 0 Å². The van der Waals surface area contributed by atoms with Crippen molar-refractivity contribution in [2.24, 2.45) is 0 Å². The maximum Gasteiger partial charge on any atom is 0.303 e. The van der Waals surface area contributed by atoms with Crippen LogP contribution in [0.4, 0.5) is 5.69 Å². The number of ketones is 1. The molecule has 0 aliphatic carbocycles. The first-order valence-electron chi connectivity index (χ1n) is 7.83. The summed E-state index contributed by atoms with van der Waals surface area (Å²) in [6.45, 7) is 0. The van der Waals surface area contributed by atoms with Gasteiger partial charge in [0, 0.05) is 17.7 Å². The van der Waals surface area contributed by atoms with Crippen molar-refractivity contribution in [1.82, 2.24) is 0 Å². The molecule has 2 rings (SSSR count). The van der Waals surface area contributed by atoms with Gasteiger partial charge in [0.1, 0.15) is 0 Å². The van der Waals surface area contributed by atoms with Gasteiger partial charge in [-0.05, 0) is 36.6 Å². The summed E-state index contributed by atoms with van der Waals surface area (Å²) in [5.41, 5.74) is 8.15. The molecule has 6 nitrogen and oxygen atoms in total. The first-order valence-corrected chi connectivity index (χ1v) is 7.83. The second-order valence-electron chi connectivity index (χ2n) is 5.53. The Morgan fingerprint density at radius 3 is 2.48 bits per heavy atom. The van der Waals surface area contributed by atoms with Gasteiger partial charge >= 0.3 is 5.97 Å². The fraction of sp³-hybridized carbons (Fsp3) is 0.263. The second kappa shape index (κ2) is 8.19. The molecule has 0 atom stereocenters. The highest BCUT2D eigenvalue weighted by Crippen LogP contribution is 2.32. The van der Waals surface area contributed by atoms with Crippen LogP contribution in [0.1, 0.15) is 34.3 Å². The second-order valence-corrected chi connectivity index (χ2v) is 5.53. The fourth-order valence-electron chi connectivity index (χ4n) is 2.62. The Morgan fingerprint density at radius 1 is 1.12 bits per heavy atom. The molecule has 0 aromatic heterocycles. The number of anilines is 1. The number of benzene rings is 2. The molecule has 2 aromatic rings. The minimum absolute atomic E-state index is 0.0845. The van der Waals surface area contributed by atoms with E-state index in [4.69, 9.17) is 20.3 Å². The summed E-state index contributed by atoms with van der Waals surface area (Å²) in [6, 6.07) is 10.2. The Bertz CT molecular complexity index is 785. The summed E-state index contributed by atoms with van der Waals surface area (Å²) in [4.78, 5) is 23.4. The van der Waals surface area contributed by atoms with Gasteiger partial charge in [0.05, 0.1) is 19.8 Å². The molecule has 25 heavy (non-hydrogen) atoms. The predicted octanol–water partition coefficient (Wildman–Crippen LogP) is 2.92. The lowest BCUT2D eigenvalue weighted by atomic mass is 9.98. The lowest BCUT2D eigenvalue weighted by molar-refractivity contribution is -0.137. The first kappa shape index (κ1) is 18.3. The Morgan fingerprint density at radius 2 is 1.88 bits per heavy atom. The van der Waals surface area contributed by atoms with E-state index in [9.17, 15) is 9.59 Å². The van der Waals surface area contributed by atoms with Gasteiger partial charge in [0.2, 0.25) is 0 Å². The topological polar surface area (TPSA) is 98.9 Å². The van der Waals surface area contributed by atoms with Crippen molar-refractivity contribution in [3.05, 3.63) is 53.1 Å². The van der Waals surface area contributed by atoms with Crippen LogP contribution in [0.2, 0.25) is 0 Å². The number of aliphatic carboxylic acids is 1. The molecule has 0 aliphatic rings. The SMILES string of the molecule is COc1cccc(C(=O)c2ccc(CCCC(=O)O)c(N)c2)c1OC. The van der Waals surface area contributed by atoms with E-state index in [0.717, 1.165) is 5.56 Å². The fourth-order valence-corrected chi connectivity index (χ4v) is 2.62. The van der Waals surface area contributed by atoms with Crippen LogP contribution in [0.15, 0.2) is 36.4 Å². The van der Waals surface area contributed by atoms with Crippen LogP contribution in [0, 0.1) is 0 Å². The molecule has 0 amide bonds. The number of methoxy groups -OCH3 is 2. The monoisotopic (exact) mass is 343 g/mol. The van der Waals surface area contributed by atoms with Gasteiger partial charge in [-0.3, -0.25) is 9.59 Å². The minimum atomic E-state index is -0.838. The Labute approximate surface area is 146 Å². The smallest absolute Gasteiger partial charge is 0.303 e. The predicted molar refractivity (Wildman–Crippen MR) is 94.4 cm³/mol. The molecule has 2 aromatic carbocycles. The van der Waals surface area contributed by atoms with Crippen LogP contribution in [-0.4, -0.2) is 31.1 Å². The van der Waals surface area contributed by atoms with E-state index in [-0.39, 0.29) is 12.2 Å². The van der Waals surface area contributed by atoms with Crippen molar-refractivity contribution < 1.29 is 24.2 Å². The minimum Gasteiger partial charge on any atom is -0.493 e. The Balaban J connectivity index is 2.26. The molecule has 0 unspecified atom stereocenters. The van der Waals surface area contributed by atoms with Gasteiger partial charge in [0.15, 0.2) is 17.3 Å². The quantitative estimate of drug-likeness (QED) is 0.565. The summed E-state index contributed by atoms with van der Waals surface area (Å²) in [5, 5.41) is 8.70. The van der Waals surface area contributed by atoms with Gasteiger partial charge in [-0.25, -0.2) is 0 Å². The number of carbonyl (C=O) groups excluding carboxylic acids is 1. The molecule has 0 saturated carbocycles. The molecule has 0 bridgehead atoms. The van der Waals surface area contributed by atoms with E-state index in [1.807, 2.05) is 0 Å². The average molecular weight is 343 g/mol. The van der Waals surface area contributed by atoms with Crippen LogP contribution in [0.3, 0.4) is 0 Å². The third kappa shape index (κ3) is 4.29. The van der Waals surface area contributed by atoms with Crippen LogP contribution in [-0.2, 0) is 11.2 Å². The number of hydrogen-bond donors (Lipinski definition) is 2. The van der Waals surface area contributed by atoms with Crippen molar-refractivity contribution in [2.75, 3.05) is 20.0 Å². The van der Waals surface area contributed by atoms with Crippen LogP contribution in [0.5, 0.6) is 11.5 Å². The lowest BCUT2D eigenvalue weighted by Crippen LogP contribution is -2.07. The zero-order chi connectivity index (χ0) is 18.4. The van der Waals surface area contributed by atoms with E-state index in [0.29, 0.717) is 41.2 Å². The van der Waals surface area contributed by atoms with Gasteiger partial charge in [0.25, 0.3) is 0 Å². The van der Waals surface area contributed by atoms with E-state index in [1.54, 1.807) is 36.4 Å². The van der Waals surface area contributed by atoms with E-state index < -0.39 is 5.97 Å². The van der Waals surface area contributed by atoms with Crippen molar-refractivity contribution in [3.8, 4) is 11.5 Å². The molecule has 0 saturated heterocycles. The molecular formula is C19H21NO5. The normalized spacial score (nSPS) is 10.3. The molecule has 6 heteroatoms. The molecule has 0 heterocycles. The summed E-state index contributed by atoms with van der Waals surface area (Å²) in [6.07, 6.45) is 1.13. The standard InChI is InChI=1S/C19H21NO5/c1-24-16-7-4-6-14(19(16)25-2)18(23)13-10-9-12(15(20)11-13)5-3-8-17(21)22/h4,6-7,9-11H,3,5,8,20H2,1-2H3,(H,21,22). The number of carboxylic acid groups (broad SMARTS) is 1. The van der Waals surface area contributed by atoms with Crippen molar-refractivity contribution in [3.63, 3.8) is 0 Å². The number of hydrogen-bond acceptors (Lipinski definition) is 5. The van der Waals surface area contributed by atoms with Gasteiger partial charge in [-0.2, -0.15) is 0 Å². The summed E-state index contributed by atoms with van der Waals surface area (Å²) < 4.78 is 10.5. The third-order valence-corrected chi connectivity index (χ3v) is 3.89. The number of nitrogen functional groups attached to an aromatic ring is 1. The van der Waals surface area contributed by atoms with Gasteiger partial charge in [-0.1, -0.05) is 18.2 Å². The van der Waals surface area contributed by atoms with Gasteiger partial charge in [-0.15, -0.1) is 0 Å². The number of rotatable bonds is 8. The maximum absolute atomic E-state index is 12.8.